The van der Waals surface area contributed by atoms with Crippen molar-refractivity contribution < 1.29 is 56.3 Å². The number of halogens is 2. The fourth-order valence-electron chi connectivity index (χ4n) is 7.33. The number of nitrogens with one attached hydrogen (secondary N) is 1. The lowest BCUT2D eigenvalue weighted by Gasteiger charge is -2.15. The molecule has 15 nitrogen and oxygen atoms in total. The Morgan fingerprint density at radius 3 is 2.28 bits per heavy atom. The van der Waals surface area contributed by atoms with Gasteiger partial charge in [-0.15, -0.1) is 6.42 Å². The molecule has 0 radical (unpaired) electrons. The topological polar surface area (TPSA) is 182 Å². The summed E-state index contributed by atoms with van der Waals surface area (Å²) in [5.41, 5.74) is 5.62. The summed E-state index contributed by atoms with van der Waals surface area (Å²) in [6.45, 7) is 2.01. The standard InChI is InChI=1S/C54H47F2N5O10S/c1-2-46(62)67-29-9-26-65-30-31-69-53(64)44-21-20-43(49(55)50(44)56)45-32-37(33-59-61-54-60-51-52(72-54)58-25-24-57-51)40(41-10-5-6-11-42(41)45)22-23-47(63)71-39-18-14-36(15-19-39)35-12-16-38(17-13-35)66-27-7-3-4-8-28-68-48-34-70-48/h1,5-6,10-25,32-33,48H,3-4,7-9,26-31,34H2,(H,57,60,61)/b23-22+,59-33+. The molecule has 1 aliphatic heterocycles. The molecule has 0 saturated carbocycles. The first kappa shape index (κ1) is 50.4. The van der Waals surface area contributed by atoms with Crippen molar-refractivity contribution in [3.8, 4) is 46.1 Å². The summed E-state index contributed by atoms with van der Waals surface area (Å²) >= 11 is 1.23. The number of unbranched alkanes of at least 4 members (excludes halogenated alkanes) is 3. The summed E-state index contributed by atoms with van der Waals surface area (Å²) in [7, 11) is 0. The van der Waals surface area contributed by atoms with Gasteiger partial charge >= 0.3 is 17.9 Å². The molecule has 1 N–H and O–H groups in total. The van der Waals surface area contributed by atoms with Crippen LogP contribution in [-0.4, -0.2) is 91.6 Å². The highest BCUT2D eigenvalue weighted by Crippen LogP contribution is 2.37. The molecule has 5 aromatic carbocycles. The van der Waals surface area contributed by atoms with Gasteiger partial charge in [-0.3, -0.25) is 5.43 Å². The van der Waals surface area contributed by atoms with Crippen molar-refractivity contribution in [3.05, 3.63) is 138 Å². The molecular formula is C54H47F2N5O10S. The normalized spacial score (nSPS) is 13.1. The van der Waals surface area contributed by atoms with E-state index >= 15 is 8.78 Å². The van der Waals surface area contributed by atoms with Gasteiger partial charge in [-0.25, -0.2) is 33.1 Å². The molecule has 72 heavy (non-hydrogen) atoms. The Balaban J connectivity index is 0.949. The molecule has 1 aliphatic rings. The van der Waals surface area contributed by atoms with Gasteiger partial charge in [0.25, 0.3) is 0 Å². The second-order valence-electron chi connectivity index (χ2n) is 15.9. The van der Waals surface area contributed by atoms with E-state index in [0.29, 0.717) is 62.9 Å². The first-order chi connectivity index (χ1) is 35.2. The number of terminal acetylenes is 1. The summed E-state index contributed by atoms with van der Waals surface area (Å²) in [6, 6.07) is 26.0. The molecule has 1 fully saturated rings. The highest BCUT2D eigenvalue weighted by molar-refractivity contribution is 7.21. The van der Waals surface area contributed by atoms with E-state index in [1.807, 2.05) is 42.3 Å². The van der Waals surface area contributed by atoms with Gasteiger partial charge in [0, 0.05) is 55.2 Å². The Morgan fingerprint density at radius 2 is 1.53 bits per heavy atom. The minimum atomic E-state index is -1.41. The van der Waals surface area contributed by atoms with Crippen LogP contribution in [0.4, 0.5) is 13.9 Å². The molecule has 0 amide bonds. The summed E-state index contributed by atoms with van der Waals surface area (Å²) in [5.74, 6) is -2.30. The highest BCUT2D eigenvalue weighted by Gasteiger charge is 2.24. The number of hydrazone groups is 1. The third-order valence-corrected chi connectivity index (χ3v) is 11.8. The number of carbonyl (C=O) groups excluding carboxylic acids is 3. The molecule has 368 valence electrons. The fraction of sp³-hybridized carbons (Fsp3) is 0.241. The number of fused-ring (bicyclic) bond motifs is 2. The van der Waals surface area contributed by atoms with Gasteiger partial charge in [0.15, 0.2) is 28.4 Å². The van der Waals surface area contributed by atoms with E-state index in [9.17, 15) is 14.4 Å². The maximum Gasteiger partial charge on any atom is 0.384 e. The number of esters is 3. The minimum Gasteiger partial charge on any atom is -0.494 e. The maximum atomic E-state index is 16.2. The van der Waals surface area contributed by atoms with Crippen LogP contribution >= 0.6 is 11.3 Å². The Kier molecular flexibility index (Phi) is 17.7. The number of hydrogen-bond donors (Lipinski definition) is 1. The lowest BCUT2D eigenvalue weighted by molar-refractivity contribution is -0.137. The highest BCUT2D eigenvalue weighted by atomic mass is 32.1. The SMILES string of the molecule is C#CC(=O)OCCCOCCOC(=O)c1ccc(-c2cc(/C=N/Nc3nc4nccnc4s3)c(/C=C/C(=O)Oc3ccc(-c4ccc(OCCCCCCOC5CO5)cc4)cc3)c3ccccc23)c(F)c1F. The molecule has 1 unspecified atom stereocenters. The zero-order valence-corrected chi connectivity index (χ0v) is 39.5. The number of carbonyl (C=O) groups is 3. The van der Waals surface area contributed by atoms with Gasteiger partial charge in [-0.2, -0.15) is 10.1 Å². The Labute approximate surface area is 416 Å². The zero-order valence-electron chi connectivity index (χ0n) is 38.7. The molecule has 8 rings (SSSR count). The van der Waals surface area contributed by atoms with E-state index in [1.54, 1.807) is 54.7 Å². The number of ether oxygens (including phenoxy) is 7. The van der Waals surface area contributed by atoms with Gasteiger partial charge in [-0.1, -0.05) is 72.4 Å². The average molecular weight is 996 g/mol. The van der Waals surface area contributed by atoms with Crippen LogP contribution in [0, 0.1) is 24.0 Å². The summed E-state index contributed by atoms with van der Waals surface area (Å²) < 4.78 is 69.4. The molecule has 0 bridgehead atoms. The number of hydrogen-bond acceptors (Lipinski definition) is 16. The number of rotatable bonds is 25. The largest absolute Gasteiger partial charge is 0.494 e. The van der Waals surface area contributed by atoms with Crippen LogP contribution in [0.2, 0.25) is 0 Å². The summed E-state index contributed by atoms with van der Waals surface area (Å²) in [4.78, 5) is 50.7. The van der Waals surface area contributed by atoms with Gasteiger partial charge in [0.1, 0.15) is 24.7 Å². The molecule has 0 aliphatic carbocycles. The van der Waals surface area contributed by atoms with E-state index < -0.39 is 35.1 Å². The third-order valence-electron chi connectivity index (χ3n) is 10.9. The first-order valence-corrected chi connectivity index (χ1v) is 23.8. The number of thiazole rings is 1. The summed E-state index contributed by atoms with van der Waals surface area (Å²) in [6.07, 6.45) is 16.8. The van der Waals surface area contributed by atoms with E-state index in [0.717, 1.165) is 55.2 Å². The summed E-state index contributed by atoms with van der Waals surface area (Å²) in [5, 5.41) is 5.88. The molecule has 18 heteroatoms. The Bertz CT molecular complexity index is 3090. The Morgan fingerprint density at radius 1 is 0.792 bits per heavy atom. The smallest absolute Gasteiger partial charge is 0.384 e. The van der Waals surface area contributed by atoms with Crippen molar-refractivity contribution in [2.75, 3.05) is 51.7 Å². The van der Waals surface area contributed by atoms with Crippen molar-refractivity contribution >= 4 is 67.9 Å². The van der Waals surface area contributed by atoms with E-state index in [-0.39, 0.29) is 43.8 Å². The predicted octanol–water partition coefficient (Wildman–Crippen LogP) is 9.97. The molecule has 0 spiro atoms. The molecule has 3 heterocycles. The second-order valence-corrected chi connectivity index (χ2v) is 16.9. The monoisotopic (exact) mass is 995 g/mol. The molecule has 1 saturated heterocycles. The van der Waals surface area contributed by atoms with Crippen molar-refractivity contribution in [2.45, 2.75) is 38.4 Å². The fourth-order valence-corrected chi connectivity index (χ4v) is 8.05. The quantitative estimate of drug-likeness (QED) is 0.00657. The zero-order chi connectivity index (χ0) is 50.1. The number of nitrogens with zero attached hydrogens (tertiary/aromatic N) is 4. The van der Waals surface area contributed by atoms with Crippen molar-refractivity contribution in [1.82, 2.24) is 15.0 Å². The Hall–Kier alpha value is -7.95. The molecule has 2 aromatic heterocycles. The van der Waals surface area contributed by atoms with Crippen molar-refractivity contribution in [3.63, 3.8) is 0 Å². The number of benzene rings is 5. The van der Waals surface area contributed by atoms with Gasteiger partial charge in [0.05, 0.1) is 31.6 Å². The van der Waals surface area contributed by atoms with Crippen molar-refractivity contribution in [1.29, 1.82) is 0 Å². The lowest BCUT2D eigenvalue weighted by atomic mass is 9.90. The average Bonchev–Trinajstić information content (AvgIpc) is 4.14. The van der Waals surface area contributed by atoms with Crippen LogP contribution in [0.3, 0.4) is 0 Å². The minimum absolute atomic E-state index is 0.00903. The first-order valence-electron chi connectivity index (χ1n) is 23.0. The number of epoxide rings is 1. The van der Waals surface area contributed by atoms with Crippen LogP contribution < -0.4 is 14.9 Å². The predicted molar refractivity (Wildman–Crippen MR) is 267 cm³/mol. The molecular weight excluding hydrogens is 949 g/mol. The van der Waals surface area contributed by atoms with Crippen molar-refractivity contribution in [2.24, 2.45) is 5.10 Å². The van der Waals surface area contributed by atoms with Gasteiger partial charge < -0.3 is 33.2 Å². The second kappa shape index (κ2) is 25.3. The molecule has 7 aromatic rings. The van der Waals surface area contributed by atoms with Crippen LogP contribution in [-0.2, 0) is 33.3 Å². The van der Waals surface area contributed by atoms with Gasteiger partial charge in [-0.05, 0) is 94.8 Å². The van der Waals surface area contributed by atoms with Crippen LogP contribution in [0.25, 0.3) is 49.6 Å². The molecule has 1 atom stereocenters. The van der Waals surface area contributed by atoms with Gasteiger partial charge in [0.2, 0.25) is 5.13 Å². The van der Waals surface area contributed by atoms with Crippen LogP contribution in [0.5, 0.6) is 11.5 Å². The van der Waals surface area contributed by atoms with E-state index in [4.69, 9.17) is 39.6 Å². The van der Waals surface area contributed by atoms with E-state index in [2.05, 4.69) is 25.5 Å². The third kappa shape index (κ3) is 13.9. The van der Waals surface area contributed by atoms with E-state index in [1.165, 1.54) is 35.9 Å². The van der Waals surface area contributed by atoms with Crippen LogP contribution in [0.1, 0.15) is 53.6 Å². The maximum absolute atomic E-state index is 16.2. The van der Waals surface area contributed by atoms with Crippen LogP contribution in [0.15, 0.2) is 115 Å². The number of anilines is 1. The number of aromatic nitrogens is 3. The lowest BCUT2D eigenvalue weighted by Crippen LogP contribution is -2.14.